The number of hydrogen-bond acceptors (Lipinski definition) is 0. The largest absolute Gasteiger partial charge is 0.110 e. The highest BCUT2D eigenvalue weighted by atomic mass is 14.5. The summed E-state index contributed by atoms with van der Waals surface area (Å²) in [5, 5.41) is 0. The maximum Gasteiger partial charge on any atom is 0.110 e. The standard InChI is InChI=1S/C9H14B/c1-6-2-7(1)9-5-10-4-8(9)3-6/h6-9H,1-5H2. The molecule has 3 aliphatic carbocycles. The molecule has 53 valence electrons. The van der Waals surface area contributed by atoms with Crippen molar-refractivity contribution in [2.24, 2.45) is 23.7 Å². The maximum atomic E-state index is 2.54. The van der Waals surface area contributed by atoms with Crippen LogP contribution in [0.1, 0.15) is 19.3 Å². The van der Waals surface area contributed by atoms with Crippen molar-refractivity contribution in [1.29, 1.82) is 0 Å². The molecule has 0 aromatic carbocycles. The van der Waals surface area contributed by atoms with Gasteiger partial charge in [-0.2, -0.15) is 0 Å². The molecule has 1 heteroatoms. The monoisotopic (exact) mass is 133 g/mol. The Balaban J connectivity index is 1.84. The second-order valence-electron chi connectivity index (χ2n) is 4.52. The van der Waals surface area contributed by atoms with Crippen LogP contribution in [0.25, 0.3) is 0 Å². The van der Waals surface area contributed by atoms with Crippen LogP contribution in [0.4, 0.5) is 0 Å². The lowest BCUT2D eigenvalue weighted by atomic mass is 9.57. The van der Waals surface area contributed by atoms with Gasteiger partial charge in [0.2, 0.25) is 0 Å². The maximum absolute atomic E-state index is 2.54. The lowest BCUT2D eigenvalue weighted by molar-refractivity contribution is 0.0229. The molecule has 2 bridgehead atoms. The molecule has 10 heavy (non-hydrogen) atoms. The smallest absolute Gasteiger partial charge is 0.0773 e. The Labute approximate surface area is 63.6 Å². The third kappa shape index (κ3) is 0.593. The van der Waals surface area contributed by atoms with Crippen LogP contribution in [0.2, 0.25) is 12.6 Å². The third-order valence-electron chi connectivity index (χ3n) is 4.03. The zero-order chi connectivity index (χ0) is 6.55. The second-order valence-corrected chi connectivity index (χ2v) is 4.52. The molecule has 0 spiro atoms. The Morgan fingerprint density at radius 2 is 1.70 bits per heavy atom. The van der Waals surface area contributed by atoms with E-state index in [0.717, 1.165) is 17.8 Å². The molecule has 4 fully saturated rings. The predicted octanol–water partition coefficient (Wildman–Crippen LogP) is 2.20. The van der Waals surface area contributed by atoms with Gasteiger partial charge in [-0.3, -0.25) is 0 Å². The van der Waals surface area contributed by atoms with E-state index in [4.69, 9.17) is 0 Å². The third-order valence-corrected chi connectivity index (χ3v) is 4.03. The minimum Gasteiger partial charge on any atom is -0.0773 e. The number of hydrogen-bond donors (Lipinski definition) is 0. The van der Waals surface area contributed by atoms with Crippen molar-refractivity contribution >= 4 is 7.28 Å². The Morgan fingerprint density at radius 3 is 2.50 bits per heavy atom. The molecule has 1 radical (unpaired) electrons. The summed E-state index contributed by atoms with van der Waals surface area (Å²) in [4.78, 5) is 0. The molecule has 4 rings (SSSR count). The van der Waals surface area contributed by atoms with Crippen LogP contribution in [-0.4, -0.2) is 7.28 Å². The molecule has 0 aromatic heterocycles. The van der Waals surface area contributed by atoms with Crippen molar-refractivity contribution in [1.82, 2.24) is 0 Å². The summed E-state index contributed by atoms with van der Waals surface area (Å²) < 4.78 is 0. The lowest BCUT2D eigenvalue weighted by Crippen LogP contribution is -2.39. The van der Waals surface area contributed by atoms with E-state index < -0.39 is 0 Å². The molecule has 1 aliphatic heterocycles. The van der Waals surface area contributed by atoms with Crippen LogP contribution in [0.3, 0.4) is 0 Å². The Hall–Kier alpha value is 0.0649. The molecule has 2 unspecified atom stereocenters. The summed E-state index contributed by atoms with van der Waals surface area (Å²) in [5.74, 6) is 4.61. The summed E-state index contributed by atoms with van der Waals surface area (Å²) in [6, 6.07) is 0. The number of rotatable bonds is 0. The Bertz CT molecular complexity index is 149. The first-order valence-corrected chi connectivity index (χ1v) is 4.75. The fraction of sp³-hybridized carbons (Fsp3) is 1.00. The molecule has 1 saturated heterocycles. The summed E-state index contributed by atoms with van der Waals surface area (Å²) in [6.07, 6.45) is 7.68. The van der Waals surface area contributed by atoms with Crippen molar-refractivity contribution in [3.05, 3.63) is 0 Å². The molecule has 2 atom stereocenters. The molecule has 0 N–H and O–H groups in total. The van der Waals surface area contributed by atoms with Crippen LogP contribution >= 0.6 is 0 Å². The van der Waals surface area contributed by atoms with Crippen molar-refractivity contribution < 1.29 is 0 Å². The van der Waals surface area contributed by atoms with Gasteiger partial charge in [0.25, 0.3) is 0 Å². The van der Waals surface area contributed by atoms with Gasteiger partial charge in [-0.05, 0) is 42.9 Å². The molecule has 0 nitrogen and oxygen atoms in total. The van der Waals surface area contributed by atoms with Crippen molar-refractivity contribution in [2.75, 3.05) is 0 Å². The highest BCUT2D eigenvalue weighted by Crippen LogP contribution is 2.56. The first-order valence-electron chi connectivity index (χ1n) is 4.75. The molecule has 0 aromatic rings. The van der Waals surface area contributed by atoms with Gasteiger partial charge in [0, 0.05) is 0 Å². The normalized spacial score (nSPS) is 56.8. The van der Waals surface area contributed by atoms with E-state index in [1.165, 1.54) is 18.6 Å². The van der Waals surface area contributed by atoms with Gasteiger partial charge in [-0.15, -0.1) is 0 Å². The molecular weight excluding hydrogens is 119 g/mol. The van der Waals surface area contributed by atoms with E-state index in [1.807, 2.05) is 0 Å². The Morgan fingerprint density at radius 1 is 0.900 bits per heavy atom. The summed E-state index contributed by atoms with van der Waals surface area (Å²) in [6.45, 7) is 0. The minimum absolute atomic E-state index is 1.14. The van der Waals surface area contributed by atoms with E-state index in [9.17, 15) is 0 Å². The van der Waals surface area contributed by atoms with Crippen molar-refractivity contribution in [2.45, 2.75) is 31.9 Å². The van der Waals surface area contributed by atoms with E-state index in [-0.39, 0.29) is 0 Å². The van der Waals surface area contributed by atoms with Gasteiger partial charge in [0.05, 0.1) is 0 Å². The molecule has 0 amide bonds. The van der Waals surface area contributed by atoms with Crippen LogP contribution in [0.15, 0.2) is 0 Å². The topological polar surface area (TPSA) is 0 Å². The zero-order valence-corrected chi connectivity index (χ0v) is 6.42. The molecule has 4 aliphatic rings. The van der Waals surface area contributed by atoms with Gasteiger partial charge >= 0.3 is 0 Å². The second kappa shape index (κ2) is 1.81. The SMILES string of the molecule is [B]1CC2CC3CC(C3)C2C1. The van der Waals surface area contributed by atoms with E-state index >= 15 is 0 Å². The zero-order valence-electron chi connectivity index (χ0n) is 6.42. The predicted molar refractivity (Wildman–Crippen MR) is 43.2 cm³/mol. The fourth-order valence-electron chi connectivity index (χ4n) is 3.48. The fourth-order valence-corrected chi connectivity index (χ4v) is 3.48. The summed E-state index contributed by atoms with van der Waals surface area (Å²) in [7, 11) is 2.54. The molecular formula is C9H14B. The summed E-state index contributed by atoms with van der Waals surface area (Å²) in [5.41, 5.74) is 0. The van der Waals surface area contributed by atoms with Gasteiger partial charge in [-0.1, -0.05) is 12.6 Å². The molecule has 3 saturated carbocycles. The quantitative estimate of drug-likeness (QED) is 0.444. The van der Waals surface area contributed by atoms with Crippen molar-refractivity contribution in [3.8, 4) is 0 Å². The van der Waals surface area contributed by atoms with E-state index in [2.05, 4.69) is 7.28 Å². The first-order chi connectivity index (χ1) is 4.93. The average molecular weight is 133 g/mol. The van der Waals surface area contributed by atoms with Crippen molar-refractivity contribution in [3.63, 3.8) is 0 Å². The molecule has 1 heterocycles. The highest BCUT2D eigenvalue weighted by Gasteiger charge is 2.46. The highest BCUT2D eigenvalue weighted by molar-refractivity contribution is 6.36. The van der Waals surface area contributed by atoms with Crippen LogP contribution in [0, 0.1) is 23.7 Å². The minimum atomic E-state index is 1.14. The van der Waals surface area contributed by atoms with Gasteiger partial charge < -0.3 is 0 Å². The Kier molecular flexibility index (Phi) is 1.03. The van der Waals surface area contributed by atoms with Gasteiger partial charge in [0.15, 0.2) is 0 Å². The lowest BCUT2D eigenvalue weighted by Gasteiger charge is -2.49. The van der Waals surface area contributed by atoms with Gasteiger partial charge in [0.1, 0.15) is 7.28 Å². The van der Waals surface area contributed by atoms with Crippen LogP contribution in [0.5, 0.6) is 0 Å². The van der Waals surface area contributed by atoms with E-state index in [0.29, 0.717) is 0 Å². The van der Waals surface area contributed by atoms with Crippen LogP contribution in [-0.2, 0) is 0 Å². The van der Waals surface area contributed by atoms with E-state index in [1.54, 1.807) is 19.3 Å². The summed E-state index contributed by atoms with van der Waals surface area (Å²) >= 11 is 0. The average Bonchev–Trinajstić information content (AvgIpc) is 2.29. The van der Waals surface area contributed by atoms with Crippen LogP contribution < -0.4 is 0 Å². The first kappa shape index (κ1) is 5.68. The van der Waals surface area contributed by atoms with Gasteiger partial charge in [-0.25, -0.2) is 0 Å².